The Balaban J connectivity index is 1.50. The van der Waals surface area contributed by atoms with Gasteiger partial charge >= 0.3 is 6.36 Å². The lowest BCUT2D eigenvalue weighted by atomic mass is 9.97. The van der Waals surface area contributed by atoms with E-state index in [0.29, 0.717) is 23.1 Å². The van der Waals surface area contributed by atoms with Crippen molar-refractivity contribution in [3.05, 3.63) is 101 Å². The number of alkyl halides is 3. The van der Waals surface area contributed by atoms with Crippen molar-refractivity contribution in [3.63, 3.8) is 0 Å². The fourth-order valence-corrected chi connectivity index (χ4v) is 3.86. The van der Waals surface area contributed by atoms with Gasteiger partial charge in [-0.3, -0.25) is 0 Å². The van der Waals surface area contributed by atoms with Gasteiger partial charge < -0.3 is 9.47 Å². The van der Waals surface area contributed by atoms with Gasteiger partial charge in [0.1, 0.15) is 5.82 Å². The molecule has 0 unspecified atom stereocenters. The zero-order valence-electron chi connectivity index (χ0n) is 18.3. The fourth-order valence-electron chi connectivity index (χ4n) is 3.86. The second-order valence-corrected chi connectivity index (χ2v) is 7.92. The summed E-state index contributed by atoms with van der Waals surface area (Å²) in [5, 5.41) is 1.22. The maximum Gasteiger partial charge on any atom is 0.573 e. The molecule has 4 aromatic carbocycles. The number of fused-ring (bicyclic) bond motifs is 1. The zero-order valence-corrected chi connectivity index (χ0v) is 18.3. The van der Waals surface area contributed by atoms with E-state index in [2.05, 4.69) is 4.74 Å². The number of methoxy groups -OCH3 is 1. The van der Waals surface area contributed by atoms with E-state index in [1.165, 1.54) is 6.07 Å². The molecule has 34 heavy (non-hydrogen) atoms. The Bertz CT molecular complexity index is 1300. The van der Waals surface area contributed by atoms with E-state index in [4.69, 9.17) is 4.74 Å². The molecule has 0 saturated heterocycles. The van der Waals surface area contributed by atoms with Crippen molar-refractivity contribution >= 4 is 10.8 Å². The van der Waals surface area contributed by atoms with E-state index < -0.39 is 17.9 Å². The second kappa shape index (κ2) is 9.81. The molecule has 0 heterocycles. The molecule has 0 bridgehead atoms. The van der Waals surface area contributed by atoms with Crippen LogP contribution >= 0.6 is 0 Å². The van der Waals surface area contributed by atoms with E-state index in [-0.39, 0.29) is 18.7 Å². The van der Waals surface area contributed by atoms with Gasteiger partial charge in [0.15, 0.2) is 11.6 Å². The highest BCUT2D eigenvalue weighted by molar-refractivity contribution is 5.88. The van der Waals surface area contributed by atoms with Gasteiger partial charge in [-0.05, 0) is 64.2 Å². The molecule has 4 rings (SSSR count). The average molecular weight is 472 g/mol. The molecule has 0 radical (unpaired) electrons. The summed E-state index contributed by atoms with van der Waals surface area (Å²) < 4.78 is 74.7. The summed E-state index contributed by atoms with van der Waals surface area (Å²) in [7, 11) is 1.64. The van der Waals surface area contributed by atoms with Crippen LogP contribution in [0.1, 0.15) is 16.7 Å². The van der Waals surface area contributed by atoms with Crippen molar-refractivity contribution in [2.45, 2.75) is 25.8 Å². The Kier molecular flexibility index (Phi) is 6.84. The van der Waals surface area contributed by atoms with Crippen molar-refractivity contribution in [2.75, 3.05) is 7.11 Å². The van der Waals surface area contributed by atoms with E-state index in [0.717, 1.165) is 34.2 Å². The lowest BCUT2D eigenvalue weighted by Gasteiger charge is -2.11. The molecular weight excluding hydrogens is 451 g/mol. The van der Waals surface area contributed by atoms with Gasteiger partial charge in [0.2, 0.25) is 0 Å². The molecule has 0 spiro atoms. The van der Waals surface area contributed by atoms with Gasteiger partial charge in [-0.15, -0.1) is 13.2 Å². The number of hydrogen-bond acceptors (Lipinski definition) is 2. The minimum atomic E-state index is -4.97. The molecule has 176 valence electrons. The van der Waals surface area contributed by atoms with Crippen molar-refractivity contribution < 1.29 is 31.4 Å². The number of hydrogen-bond donors (Lipinski definition) is 0. The second-order valence-electron chi connectivity index (χ2n) is 7.92. The Morgan fingerprint density at radius 3 is 2.12 bits per heavy atom. The third-order valence-corrected chi connectivity index (χ3v) is 5.54. The lowest BCUT2D eigenvalue weighted by molar-refractivity contribution is -0.275. The first kappa shape index (κ1) is 23.7. The van der Waals surface area contributed by atoms with Crippen LogP contribution in [0.5, 0.6) is 5.75 Å². The molecule has 0 aliphatic heterocycles. The van der Waals surface area contributed by atoms with E-state index in [1.807, 2.05) is 42.5 Å². The van der Waals surface area contributed by atoms with Crippen LogP contribution in [0.3, 0.4) is 0 Å². The minimum absolute atomic E-state index is 0.261. The molecular formula is C27H21F5O2. The fraction of sp³-hybridized carbons (Fsp3) is 0.185. The van der Waals surface area contributed by atoms with E-state index in [1.54, 1.807) is 19.2 Å². The zero-order chi connectivity index (χ0) is 24.3. The Morgan fingerprint density at radius 2 is 1.44 bits per heavy atom. The molecule has 0 atom stereocenters. The number of ether oxygens (including phenoxy) is 2. The molecule has 0 aliphatic carbocycles. The van der Waals surface area contributed by atoms with Crippen LogP contribution < -0.4 is 4.74 Å². The summed E-state index contributed by atoms with van der Waals surface area (Å²) in [6.45, 7) is 0.532. The predicted octanol–water partition coefficient (Wildman–Crippen LogP) is 7.62. The molecule has 0 aliphatic rings. The van der Waals surface area contributed by atoms with Gasteiger partial charge in [-0.25, -0.2) is 8.78 Å². The van der Waals surface area contributed by atoms with Crippen LogP contribution in [0.25, 0.3) is 21.9 Å². The third kappa shape index (κ3) is 5.54. The summed E-state index contributed by atoms with van der Waals surface area (Å²) in [5.74, 6) is -2.37. The van der Waals surface area contributed by atoms with Crippen LogP contribution in [-0.2, 0) is 24.2 Å². The van der Waals surface area contributed by atoms with Crippen molar-refractivity contribution in [1.82, 2.24) is 0 Å². The van der Waals surface area contributed by atoms with Crippen LogP contribution in [0.15, 0.2) is 72.8 Å². The average Bonchev–Trinajstić information content (AvgIpc) is 2.80. The first-order valence-corrected chi connectivity index (χ1v) is 10.6. The number of halogens is 5. The summed E-state index contributed by atoms with van der Waals surface area (Å²) in [4.78, 5) is 0. The number of aryl methyl sites for hydroxylation is 2. The highest BCUT2D eigenvalue weighted by Crippen LogP contribution is 2.29. The monoisotopic (exact) mass is 472 g/mol. The van der Waals surface area contributed by atoms with Crippen LogP contribution in [0.4, 0.5) is 22.0 Å². The van der Waals surface area contributed by atoms with Crippen LogP contribution in [0, 0.1) is 11.6 Å². The molecule has 2 nitrogen and oxygen atoms in total. The largest absolute Gasteiger partial charge is 0.573 e. The Morgan fingerprint density at radius 1 is 0.735 bits per heavy atom. The van der Waals surface area contributed by atoms with Gasteiger partial charge in [0.25, 0.3) is 0 Å². The number of benzene rings is 4. The maximum absolute atomic E-state index is 15.1. The molecule has 4 aromatic rings. The van der Waals surface area contributed by atoms with E-state index in [9.17, 15) is 17.6 Å². The summed E-state index contributed by atoms with van der Waals surface area (Å²) in [5.41, 5.74) is 3.91. The Hall–Kier alpha value is -3.45. The van der Waals surface area contributed by atoms with Gasteiger partial charge in [-0.2, -0.15) is 0 Å². The quantitative estimate of drug-likeness (QED) is 0.258. The molecule has 0 saturated carbocycles. The smallest absolute Gasteiger partial charge is 0.403 e. The normalized spacial score (nSPS) is 11.7. The Labute approximate surface area is 193 Å². The first-order valence-electron chi connectivity index (χ1n) is 10.6. The molecule has 0 N–H and O–H groups in total. The van der Waals surface area contributed by atoms with Gasteiger partial charge in [-0.1, -0.05) is 54.6 Å². The number of rotatable bonds is 7. The van der Waals surface area contributed by atoms with Crippen LogP contribution in [0.2, 0.25) is 0 Å². The highest BCUT2D eigenvalue weighted by Gasteiger charge is 2.32. The van der Waals surface area contributed by atoms with Crippen molar-refractivity contribution in [3.8, 4) is 16.9 Å². The molecule has 7 heteroatoms. The molecule has 0 fully saturated rings. The van der Waals surface area contributed by atoms with Gasteiger partial charge in [0, 0.05) is 12.5 Å². The standard InChI is InChI=1S/C27H21F5O2/c1-33-16-18-3-6-19(7-4-18)21-11-12-23-22(15-21)10-9-20(26(23)29)8-2-17-5-13-25(24(28)14-17)34-27(30,31)32/h3-7,9-15H,2,8,16H2,1H3. The highest BCUT2D eigenvalue weighted by atomic mass is 19.4. The minimum Gasteiger partial charge on any atom is -0.403 e. The van der Waals surface area contributed by atoms with E-state index >= 15 is 4.39 Å². The SMILES string of the molecule is COCc1ccc(-c2ccc3c(F)c(CCc4ccc(OC(F)(F)F)c(F)c4)ccc3c2)cc1. The first-order chi connectivity index (χ1) is 16.2. The van der Waals surface area contributed by atoms with Gasteiger partial charge in [0.05, 0.1) is 6.61 Å². The topological polar surface area (TPSA) is 18.5 Å². The third-order valence-electron chi connectivity index (χ3n) is 5.54. The molecule has 0 amide bonds. The van der Waals surface area contributed by atoms with Crippen molar-refractivity contribution in [2.24, 2.45) is 0 Å². The summed E-state index contributed by atoms with van der Waals surface area (Å²) in [6, 6.07) is 20.2. The molecule has 0 aromatic heterocycles. The summed E-state index contributed by atoms with van der Waals surface area (Å²) in [6.07, 6.45) is -4.44. The maximum atomic E-state index is 15.1. The lowest BCUT2D eigenvalue weighted by Crippen LogP contribution is -2.18. The summed E-state index contributed by atoms with van der Waals surface area (Å²) >= 11 is 0. The predicted molar refractivity (Wildman–Crippen MR) is 121 cm³/mol. The van der Waals surface area contributed by atoms with Crippen molar-refractivity contribution in [1.29, 1.82) is 0 Å². The van der Waals surface area contributed by atoms with Crippen LogP contribution in [-0.4, -0.2) is 13.5 Å².